The van der Waals surface area contributed by atoms with Crippen LogP contribution in [0.5, 0.6) is 0 Å². The lowest BCUT2D eigenvalue weighted by Crippen LogP contribution is -2.51. The van der Waals surface area contributed by atoms with Crippen LogP contribution < -0.4 is 16.4 Å². The lowest BCUT2D eigenvalue weighted by Gasteiger charge is -2.35. The maximum Gasteiger partial charge on any atom is 0.251 e. The number of anilines is 1. The molecule has 2 aromatic heterocycles. The molecule has 1 saturated carbocycles. The Balaban J connectivity index is 1.33. The van der Waals surface area contributed by atoms with E-state index in [1.54, 1.807) is 6.20 Å². The summed E-state index contributed by atoms with van der Waals surface area (Å²) in [7, 11) is 0. The number of para-hydroxylation sites is 1. The minimum absolute atomic E-state index is 0.0235. The predicted molar refractivity (Wildman–Crippen MR) is 131 cm³/mol. The van der Waals surface area contributed by atoms with Gasteiger partial charge in [-0.2, -0.15) is 0 Å². The maximum absolute atomic E-state index is 12.6. The molecular weight excluding hydrogens is 436 g/mol. The van der Waals surface area contributed by atoms with Crippen LogP contribution in [0.1, 0.15) is 29.6 Å². The molecule has 168 valence electrons. The van der Waals surface area contributed by atoms with E-state index in [0.717, 1.165) is 29.3 Å². The van der Waals surface area contributed by atoms with Gasteiger partial charge >= 0.3 is 0 Å². The number of carbonyl (C=O) groups is 1. The molecule has 5 N–H and O–H groups in total. The zero-order valence-corrected chi connectivity index (χ0v) is 18.7. The first-order valence-electron chi connectivity index (χ1n) is 11.1. The molecule has 3 atom stereocenters. The van der Waals surface area contributed by atoms with Crippen molar-refractivity contribution < 1.29 is 4.79 Å². The highest BCUT2D eigenvalue weighted by atomic mass is 35.5. The molecule has 4 aromatic rings. The van der Waals surface area contributed by atoms with E-state index in [-0.39, 0.29) is 24.0 Å². The van der Waals surface area contributed by atoms with E-state index in [4.69, 9.17) is 22.3 Å². The van der Waals surface area contributed by atoms with Crippen molar-refractivity contribution in [3.63, 3.8) is 0 Å². The second-order valence-electron chi connectivity index (χ2n) is 8.40. The van der Waals surface area contributed by atoms with Crippen LogP contribution >= 0.6 is 11.6 Å². The Morgan fingerprint density at radius 1 is 1.09 bits per heavy atom. The van der Waals surface area contributed by atoms with E-state index >= 15 is 0 Å². The number of nitrogens with two attached hydrogens (primary N) is 1. The summed E-state index contributed by atoms with van der Waals surface area (Å²) < 4.78 is 0. The SMILES string of the molecule is NC1CC[C@H](NC(=O)c2ccccc2)C[C@H]1Nc1ncc(Cl)c(-c2c[nH]c3ccccc23)n1. The Hall–Kier alpha value is -3.42. The molecule has 8 heteroatoms. The van der Waals surface area contributed by atoms with E-state index < -0.39 is 0 Å². The van der Waals surface area contributed by atoms with Crippen molar-refractivity contribution in [3.8, 4) is 11.3 Å². The molecule has 33 heavy (non-hydrogen) atoms. The topological polar surface area (TPSA) is 109 Å². The molecule has 2 aromatic carbocycles. The fourth-order valence-corrected chi connectivity index (χ4v) is 4.60. The van der Waals surface area contributed by atoms with E-state index in [1.165, 1.54) is 0 Å². The number of nitrogens with zero attached hydrogens (tertiary/aromatic N) is 2. The number of nitrogens with one attached hydrogen (secondary N) is 3. The van der Waals surface area contributed by atoms with Crippen LogP contribution in [0.3, 0.4) is 0 Å². The van der Waals surface area contributed by atoms with Crippen molar-refractivity contribution in [2.75, 3.05) is 5.32 Å². The van der Waals surface area contributed by atoms with Crippen LogP contribution in [0, 0.1) is 0 Å². The van der Waals surface area contributed by atoms with Gasteiger partial charge in [-0.05, 0) is 37.5 Å². The third kappa shape index (κ3) is 4.55. The average molecular weight is 461 g/mol. The molecule has 0 aliphatic heterocycles. The Labute approximate surface area is 196 Å². The third-order valence-electron chi connectivity index (χ3n) is 6.18. The Morgan fingerprint density at radius 3 is 2.73 bits per heavy atom. The molecule has 1 amide bonds. The molecule has 1 fully saturated rings. The van der Waals surface area contributed by atoms with Gasteiger partial charge in [-0.3, -0.25) is 4.79 Å². The molecule has 2 heterocycles. The van der Waals surface area contributed by atoms with Gasteiger partial charge in [0.05, 0.1) is 16.9 Å². The highest BCUT2D eigenvalue weighted by Crippen LogP contribution is 2.32. The highest BCUT2D eigenvalue weighted by Gasteiger charge is 2.30. The Kier molecular flexibility index (Phi) is 5.98. The quantitative estimate of drug-likeness (QED) is 0.353. The first kappa shape index (κ1) is 21.4. The summed E-state index contributed by atoms with van der Waals surface area (Å²) in [4.78, 5) is 24.9. The zero-order chi connectivity index (χ0) is 22.8. The van der Waals surface area contributed by atoms with Gasteiger partial charge in [-0.1, -0.05) is 48.0 Å². The number of aromatic amines is 1. The number of fused-ring (bicyclic) bond motifs is 1. The smallest absolute Gasteiger partial charge is 0.251 e. The number of amides is 1. The van der Waals surface area contributed by atoms with E-state index in [9.17, 15) is 4.79 Å². The summed E-state index contributed by atoms with van der Waals surface area (Å²) in [5.41, 5.74) is 9.65. The minimum Gasteiger partial charge on any atom is -0.360 e. The summed E-state index contributed by atoms with van der Waals surface area (Å²) in [6, 6.07) is 17.1. The highest BCUT2D eigenvalue weighted by molar-refractivity contribution is 6.33. The summed E-state index contributed by atoms with van der Waals surface area (Å²) >= 11 is 6.46. The number of rotatable bonds is 5. The normalized spacial score (nSPS) is 20.5. The lowest BCUT2D eigenvalue weighted by atomic mass is 9.87. The molecule has 0 radical (unpaired) electrons. The second kappa shape index (κ2) is 9.21. The van der Waals surface area contributed by atoms with Gasteiger partial charge in [-0.25, -0.2) is 9.97 Å². The van der Waals surface area contributed by atoms with Crippen LogP contribution in [0.15, 0.2) is 67.0 Å². The first-order valence-corrected chi connectivity index (χ1v) is 11.4. The molecule has 1 unspecified atom stereocenters. The molecule has 7 nitrogen and oxygen atoms in total. The zero-order valence-electron chi connectivity index (χ0n) is 18.0. The predicted octanol–water partition coefficient (Wildman–Crippen LogP) is 4.37. The van der Waals surface area contributed by atoms with Crippen LogP contribution in [0.4, 0.5) is 5.95 Å². The molecule has 0 bridgehead atoms. The van der Waals surface area contributed by atoms with Crippen LogP contribution in [-0.2, 0) is 0 Å². The van der Waals surface area contributed by atoms with Gasteiger partial charge in [0.15, 0.2) is 0 Å². The third-order valence-corrected chi connectivity index (χ3v) is 6.45. The second-order valence-corrected chi connectivity index (χ2v) is 8.81. The van der Waals surface area contributed by atoms with Gasteiger partial charge in [0.2, 0.25) is 5.95 Å². The summed E-state index contributed by atoms with van der Waals surface area (Å²) in [6.07, 6.45) is 5.83. The largest absolute Gasteiger partial charge is 0.360 e. The van der Waals surface area contributed by atoms with Crippen molar-refractivity contribution in [1.82, 2.24) is 20.3 Å². The number of carbonyl (C=O) groups excluding carboxylic acids is 1. The van der Waals surface area contributed by atoms with Crippen molar-refractivity contribution in [2.45, 2.75) is 37.4 Å². The van der Waals surface area contributed by atoms with Crippen LogP contribution in [0.25, 0.3) is 22.2 Å². The fraction of sp³-hybridized carbons (Fsp3) is 0.240. The van der Waals surface area contributed by atoms with Crippen molar-refractivity contribution in [2.24, 2.45) is 5.73 Å². The first-order chi connectivity index (χ1) is 16.1. The van der Waals surface area contributed by atoms with Gasteiger partial charge < -0.3 is 21.4 Å². The summed E-state index contributed by atoms with van der Waals surface area (Å²) in [6.45, 7) is 0. The molecule has 5 rings (SSSR count). The fourth-order valence-electron chi connectivity index (χ4n) is 4.41. The molecule has 0 saturated heterocycles. The number of halogens is 1. The lowest BCUT2D eigenvalue weighted by molar-refractivity contribution is 0.0924. The van der Waals surface area contributed by atoms with Crippen LogP contribution in [0.2, 0.25) is 5.02 Å². The van der Waals surface area contributed by atoms with E-state index in [2.05, 4.69) is 20.6 Å². The molecular formula is C25H25ClN6O. The van der Waals surface area contributed by atoms with Gasteiger partial charge in [-0.15, -0.1) is 0 Å². The number of hydrogen-bond acceptors (Lipinski definition) is 5. The molecule has 1 aliphatic rings. The number of H-pyrrole nitrogens is 1. The minimum atomic E-state index is -0.0724. The number of benzene rings is 2. The number of aromatic nitrogens is 3. The summed E-state index contributed by atoms with van der Waals surface area (Å²) in [5.74, 6) is 0.398. The van der Waals surface area contributed by atoms with Gasteiger partial charge in [0.25, 0.3) is 5.91 Å². The Bertz CT molecular complexity index is 1270. The number of hydrogen-bond donors (Lipinski definition) is 4. The molecule has 1 aliphatic carbocycles. The van der Waals surface area contributed by atoms with Gasteiger partial charge in [0, 0.05) is 46.4 Å². The standard InChI is InChI=1S/C25H25ClN6O/c26-19-14-29-25(32-23(19)18-13-28-21-9-5-4-8-17(18)21)31-22-12-16(10-11-20(22)27)30-24(33)15-6-2-1-3-7-15/h1-9,13-14,16,20,22,28H,10-12,27H2,(H,30,33)(H,29,31,32)/t16-,20?,22+/m0/s1. The van der Waals surface area contributed by atoms with Gasteiger partial charge in [0.1, 0.15) is 0 Å². The van der Waals surface area contributed by atoms with Crippen molar-refractivity contribution in [3.05, 3.63) is 77.6 Å². The van der Waals surface area contributed by atoms with E-state index in [0.29, 0.717) is 28.6 Å². The maximum atomic E-state index is 12.6. The Morgan fingerprint density at radius 2 is 1.88 bits per heavy atom. The van der Waals surface area contributed by atoms with Crippen LogP contribution in [-0.4, -0.2) is 39.0 Å². The van der Waals surface area contributed by atoms with Crippen molar-refractivity contribution >= 4 is 34.4 Å². The van der Waals surface area contributed by atoms with E-state index in [1.807, 2.05) is 60.8 Å². The monoisotopic (exact) mass is 460 g/mol. The van der Waals surface area contributed by atoms with Crippen molar-refractivity contribution in [1.29, 1.82) is 0 Å². The summed E-state index contributed by atoms with van der Waals surface area (Å²) in [5, 5.41) is 8.04. The molecule has 0 spiro atoms. The average Bonchev–Trinajstić information content (AvgIpc) is 3.27.